The molecule has 0 aliphatic heterocycles. The Hall–Kier alpha value is -0.980. The van der Waals surface area contributed by atoms with Crippen LogP contribution in [-0.4, -0.2) is 7.11 Å². The van der Waals surface area contributed by atoms with Crippen molar-refractivity contribution in [1.29, 1.82) is 0 Å². The quantitative estimate of drug-likeness (QED) is 0.752. The molecule has 2 rings (SSSR count). The highest BCUT2D eigenvalue weighted by Crippen LogP contribution is 2.31. The van der Waals surface area contributed by atoms with Crippen molar-refractivity contribution in [3.63, 3.8) is 0 Å². The van der Waals surface area contributed by atoms with E-state index in [1.165, 1.54) is 43.2 Å². The summed E-state index contributed by atoms with van der Waals surface area (Å²) in [5.74, 6) is 2.86. The molecule has 1 heteroatoms. The van der Waals surface area contributed by atoms with Gasteiger partial charge in [0.15, 0.2) is 0 Å². The molecule has 0 spiro atoms. The zero-order chi connectivity index (χ0) is 12.3. The Bertz CT molecular complexity index is 362. The summed E-state index contributed by atoms with van der Waals surface area (Å²) in [6.07, 6.45) is 6.85. The fraction of sp³-hybridized carbons (Fsp3) is 0.625. The minimum atomic E-state index is 0.888. The summed E-state index contributed by atoms with van der Waals surface area (Å²) >= 11 is 0. The van der Waals surface area contributed by atoms with Crippen molar-refractivity contribution in [3.8, 4) is 5.75 Å². The Labute approximate surface area is 105 Å². The first-order valence-electron chi connectivity index (χ1n) is 6.82. The van der Waals surface area contributed by atoms with Crippen molar-refractivity contribution in [2.75, 3.05) is 7.11 Å². The molecule has 0 atom stereocenters. The Kier molecular flexibility index (Phi) is 4.09. The fourth-order valence-corrected chi connectivity index (χ4v) is 2.86. The molecule has 1 aromatic rings. The minimum Gasteiger partial charge on any atom is -0.496 e. The van der Waals surface area contributed by atoms with Crippen LogP contribution >= 0.6 is 0 Å². The molecule has 1 nitrogen and oxygen atoms in total. The normalized spacial score (nSPS) is 24.6. The lowest BCUT2D eigenvalue weighted by atomic mass is 9.80. The number of ether oxygens (including phenoxy) is 1. The smallest absolute Gasteiger partial charge is 0.122 e. The van der Waals surface area contributed by atoms with E-state index in [2.05, 4.69) is 32.0 Å². The highest BCUT2D eigenvalue weighted by molar-refractivity contribution is 5.36. The third-order valence-corrected chi connectivity index (χ3v) is 4.13. The SMILES string of the molecule is COc1cc(CC2CCC(C)CC2)ccc1C. The van der Waals surface area contributed by atoms with Crippen LogP contribution in [0.2, 0.25) is 0 Å². The van der Waals surface area contributed by atoms with Gasteiger partial charge in [-0.25, -0.2) is 0 Å². The zero-order valence-corrected chi connectivity index (χ0v) is 11.3. The molecule has 1 saturated carbocycles. The number of benzene rings is 1. The van der Waals surface area contributed by atoms with Crippen LogP contribution < -0.4 is 4.74 Å². The Morgan fingerprint density at radius 3 is 2.53 bits per heavy atom. The summed E-state index contributed by atoms with van der Waals surface area (Å²) in [7, 11) is 1.76. The van der Waals surface area contributed by atoms with E-state index in [1.807, 2.05) is 0 Å². The molecule has 0 unspecified atom stereocenters. The molecule has 0 saturated heterocycles. The van der Waals surface area contributed by atoms with Crippen LogP contribution in [-0.2, 0) is 6.42 Å². The molecular formula is C16H24O. The number of aryl methyl sites for hydroxylation is 1. The van der Waals surface area contributed by atoms with E-state index in [-0.39, 0.29) is 0 Å². The van der Waals surface area contributed by atoms with Crippen molar-refractivity contribution < 1.29 is 4.74 Å². The minimum absolute atomic E-state index is 0.888. The van der Waals surface area contributed by atoms with Gasteiger partial charge in [0.2, 0.25) is 0 Å². The van der Waals surface area contributed by atoms with Gasteiger partial charge in [-0.3, -0.25) is 0 Å². The number of hydrogen-bond acceptors (Lipinski definition) is 1. The van der Waals surface area contributed by atoms with Gasteiger partial charge >= 0.3 is 0 Å². The molecule has 0 amide bonds. The molecule has 1 fully saturated rings. The van der Waals surface area contributed by atoms with Crippen LogP contribution in [0.4, 0.5) is 0 Å². The predicted octanol–water partition coefficient (Wildman–Crippen LogP) is 4.37. The molecule has 1 aromatic carbocycles. The van der Waals surface area contributed by atoms with Gasteiger partial charge in [-0.1, -0.05) is 31.9 Å². The molecule has 0 bridgehead atoms. The first-order valence-corrected chi connectivity index (χ1v) is 6.82. The first-order chi connectivity index (χ1) is 8.19. The number of hydrogen-bond donors (Lipinski definition) is 0. The van der Waals surface area contributed by atoms with Gasteiger partial charge in [-0.05, 0) is 55.2 Å². The number of methoxy groups -OCH3 is 1. The molecule has 1 aliphatic carbocycles. The third-order valence-electron chi connectivity index (χ3n) is 4.13. The fourth-order valence-electron chi connectivity index (χ4n) is 2.86. The standard InChI is InChI=1S/C16H24O/c1-12-4-7-14(8-5-12)10-15-9-6-13(2)16(11-15)17-3/h6,9,11-12,14H,4-5,7-8,10H2,1-3H3. The summed E-state index contributed by atoms with van der Waals surface area (Å²) in [4.78, 5) is 0. The van der Waals surface area contributed by atoms with Gasteiger partial charge in [0.25, 0.3) is 0 Å². The molecule has 0 heterocycles. The van der Waals surface area contributed by atoms with Gasteiger partial charge < -0.3 is 4.74 Å². The van der Waals surface area contributed by atoms with Crippen molar-refractivity contribution in [2.45, 2.75) is 46.0 Å². The summed E-state index contributed by atoms with van der Waals surface area (Å²) in [6, 6.07) is 6.66. The van der Waals surface area contributed by atoms with E-state index >= 15 is 0 Å². The van der Waals surface area contributed by atoms with Crippen LogP contribution in [0.3, 0.4) is 0 Å². The van der Waals surface area contributed by atoms with E-state index < -0.39 is 0 Å². The molecule has 1 aliphatic rings. The first kappa shape index (κ1) is 12.5. The van der Waals surface area contributed by atoms with Crippen LogP contribution in [0, 0.1) is 18.8 Å². The molecule has 0 aromatic heterocycles. The maximum absolute atomic E-state index is 5.39. The van der Waals surface area contributed by atoms with Crippen LogP contribution in [0.15, 0.2) is 18.2 Å². The lowest BCUT2D eigenvalue weighted by molar-refractivity contribution is 0.288. The largest absolute Gasteiger partial charge is 0.496 e. The van der Waals surface area contributed by atoms with E-state index in [0.29, 0.717) is 0 Å². The van der Waals surface area contributed by atoms with E-state index in [1.54, 1.807) is 7.11 Å². The van der Waals surface area contributed by atoms with Crippen LogP contribution in [0.1, 0.15) is 43.7 Å². The van der Waals surface area contributed by atoms with Crippen LogP contribution in [0.25, 0.3) is 0 Å². The van der Waals surface area contributed by atoms with Gasteiger partial charge in [0, 0.05) is 0 Å². The van der Waals surface area contributed by atoms with E-state index in [9.17, 15) is 0 Å². The average Bonchev–Trinajstić information content (AvgIpc) is 2.34. The van der Waals surface area contributed by atoms with Crippen molar-refractivity contribution in [1.82, 2.24) is 0 Å². The molecule has 0 N–H and O–H groups in total. The van der Waals surface area contributed by atoms with Gasteiger partial charge in [0.05, 0.1) is 7.11 Å². The molecule has 0 radical (unpaired) electrons. The van der Waals surface area contributed by atoms with Crippen molar-refractivity contribution >= 4 is 0 Å². The highest BCUT2D eigenvalue weighted by atomic mass is 16.5. The molecular weight excluding hydrogens is 208 g/mol. The monoisotopic (exact) mass is 232 g/mol. The number of rotatable bonds is 3. The molecule has 17 heavy (non-hydrogen) atoms. The van der Waals surface area contributed by atoms with Gasteiger partial charge in [-0.15, -0.1) is 0 Å². The van der Waals surface area contributed by atoms with Crippen molar-refractivity contribution in [2.24, 2.45) is 11.8 Å². The van der Waals surface area contributed by atoms with Crippen molar-refractivity contribution in [3.05, 3.63) is 29.3 Å². The summed E-state index contributed by atoms with van der Waals surface area (Å²) in [5, 5.41) is 0. The average molecular weight is 232 g/mol. The second kappa shape index (κ2) is 5.57. The maximum Gasteiger partial charge on any atom is 0.122 e. The van der Waals surface area contributed by atoms with Gasteiger partial charge in [0.1, 0.15) is 5.75 Å². The summed E-state index contributed by atoms with van der Waals surface area (Å²) in [5.41, 5.74) is 2.67. The lowest BCUT2D eigenvalue weighted by Crippen LogP contribution is -2.14. The zero-order valence-electron chi connectivity index (χ0n) is 11.3. The topological polar surface area (TPSA) is 9.23 Å². The van der Waals surface area contributed by atoms with E-state index in [4.69, 9.17) is 4.74 Å². The van der Waals surface area contributed by atoms with Crippen LogP contribution in [0.5, 0.6) is 5.75 Å². The maximum atomic E-state index is 5.39. The second-order valence-corrected chi connectivity index (χ2v) is 5.63. The summed E-state index contributed by atoms with van der Waals surface area (Å²) < 4.78 is 5.39. The predicted molar refractivity (Wildman–Crippen MR) is 72.6 cm³/mol. The second-order valence-electron chi connectivity index (χ2n) is 5.63. The lowest BCUT2D eigenvalue weighted by Gasteiger charge is -2.26. The molecule has 94 valence electrons. The summed E-state index contributed by atoms with van der Waals surface area (Å²) in [6.45, 7) is 4.48. The highest BCUT2D eigenvalue weighted by Gasteiger charge is 2.18. The third kappa shape index (κ3) is 3.24. The van der Waals surface area contributed by atoms with E-state index in [0.717, 1.165) is 17.6 Å². The van der Waals surface area contributed by atoms with Gasteiger partial charge in [-0.2, -0.15) is 0 Å². The Balaban J connectivity index is 1.99. The Morgan fingerprint density at radius 1 is 1.18 bits per heavy atom. The Morgan fingerprint density at radius 2 is 1.88 bits per heavy atom.